The summed E-state index contributed by atoms with van der Waals surface area (Å²) in [6.07, 6.45) is 4.68. The molecule has 0 saturated heterocycles. The maximum absolute atomic E-state index is 14.0. The average molecular weight is 763 g/mol. The third-order valence-corrected chi connectivity index (χ3v) is 4.44. The minimum Gasteiger partial charge on any atom is -0.392 e. The van der Waals surface area contributed by atoms with Gasteiger partial charge in [-0.15, -0.1) is 0 Å². The Morgan fingerprint density at radius 1 is 1.26 bits per heavy atom. The van der Waals surface area contributed by atoms with Crippen molar-refractivity contribution in [3.8, 4) is 0 Å². The molecular weight excluding hydrogens is 749 g/mol. The zero-order valence-corrected chi connectivity index (χ0v) is 20.8. The predicted octanol–water partition coefficient (Wildman–Crippen LogP) is 3.68. The van der Waals surface area contributed by atoms with Crippen molar-refractivity contribution in [2.24, 2.45) is 0 Å². The van der Waals surface area contributed by atoms with Gasteiger partial charge in [-0.3, -0.25) is 4.79 Å². The van der Waals surface area contributed by atoms with Crippen LogP contribution in [-0.2, 0) is 13.2 Å². The van der Waals surface area contributed by atoms with Crippen molar-refractivity contribution in [1.29, 1.82) is 0 Å². The fourth-order valence-electron chi connectivity index (χ4n) is 1.86. The number of hydrogen-bond donors (Lipinski definition) is 1. The molecule has 0 fully saturated rings. The van der Waals surface area contributed by atoms with E-state index in [4.69, 9.17) is 5.11 Å². The van der Waals surface area contributed by atoms with E-state index in [9.17, 15) is 9.18 Å². The summed E-state index contributed by atoms with van der Waals surface area (Å²) in [5, 5.41) is 9.05. The van der Waals surface area contributed by atoms with Crippen LogP contribution < -0.4 is 5.56 Å². The van der Waals surface area contributed by atoms with Gasteiger partial charge in [0.1, 0.15) is 5.82 Å². The molecule has 0 aliphatic rings. The van der Waals surface area contributed by atoms with Crippen molar-refractivity contribution in [2.75, 3.05) is 0 Å². The second-order valence-corrected chi connectivity index (χ2v) is 6.01. The number of rotatable bonds is 4. The van der Waals surface area contributed by atoms with Gasteiger partial charge in [0.25, 0.3) is 0 Å². The molecule has 0 saturated carbocycles. The third kappa shape index (κ3) is 5.96. The maximum atomic E-state index is 14.0. The van der Waals surface area contributed by atoms with E-state index in [0.717, 1.165) is 5.56 Å². The minimum atomic E-state index is -0.432. The molecular formula is C16H14FI2NO2U. The summed E-state index contributed by atoms with van der Waals surface area (Å²) in [5.74, 6) is -0.432. The van der Waals surface area contributed by atoms with Crippen molar-refractivity contribution in [1.82, 2.24) is 4.57 Å². The number of aromatic nitrogens is 1. The Labute approximate surface area is 186 Å². The zero-order chi connectivity index (χ0) is 15.4. The second-order valence-electron chi connectivity index (χ2n) is 4.31. The van der Waals surface area contributed by atoms with Crippen LogP contribution in [0.15, 0.2) is 39.3 Å². The van der Waals surface area contributed by atoms with Gasteiger partial charge in [0, 0.05) is 12.1 Å². The molecule has 0 aliphatic carbocycles. The first-order valence-corrected chi connectivity index (χ1v) is 8.34. The number of aliphatic hydroxyl groups is 1. The predicted molar refractivity (Wildman–Crippen MR) is 102 cm³/mol. The third-order valence-electron chi connectivity index (χ3n) is 2.96. The van der Waals surface area contributed by atoms with Crippen LogP contribution in [0.25, 0.3) is 0 Å². The zero-order valence-electron chi connectivity index (χ0n) is 12.3. The summed E-state index contributed by atoms with van der Waals surface area (Å²) >= 11 is 3.95. The molecule has 1 aromatic heterocycles. The molecule has 2 rings (SSSR count). The van der Waals surface area contributed by atoms with Crippen molar-refractivity contribution in [3.05, 3.63) is 84.5 Å². The van der Waals surface area contributed by atoms with E-state index in [1.165, 1.54) is 10.6 Å². The Kier molecular flexibility index (Phi) is 11.2. The molecule has 0 atom stereocenters. The first-order valence-electron chi connectivity index (χ1n) is 6.02. The molecule has 0 radical (unpaired) electrons. The van der Waals surface area contributed by atoms with Crippen LogP contribution in [-0.4, -0.2) is 9.67 Å². The molecule has 2 aromatic rings. The Bertz CT molecular complexity index is 747. The first kappa shape index (κ1) is 23.3. The van der Waals surface area contributed by atoms with Crippen LogP contribution in [0.1, 0.15) is 16.7 Å². The molecule has 0 amide bonds. The number of aliphatic hydroxyl groups excluding tert-OH is 1. The maximum Gasteiger partial charge on any atom is 2.00 e. The monoisotopic (exact) mass is 763 g/mol. The first-order chi connectivity index (χ1) is 10.1. The van der Waals surface area contributed by atoms with Gasteiger partial charge >= 0.3 is 31.1 Å². The molecule has 1 heterocycles. The SMILES string of the molecule is O=c1ccc([C-]=CI)cn1Cc1ccc(CO)c(F)c1I.[CH3-].[U+2]. The van der Waals surface area contributed by atoms with Gasteiger partial charge in [-0.25, -0.2) is 4.39 Å². The smallest absolute Gasteiger partial charge is 0.392 e. The molecule has 3 nitrogen and oxygen atoms in total. The van der Waals surface area contributed by atoms with Crippen molar-refractivity contribution < 1.29 is 40.6 Å². The van der Waals surface area contributed by atoms with E-state index < -0.39 is 5.82 Å². The van der Waals surface area contributed by atoms with Gasteiger partial charge in [-0.1, -0.05) is 51.1 Å². The minimum absolute atomic E-state index is 0. The summed E-state index contributed by atoms with van der Waals surface area (Å²) in [7, 11) is 0. The largest absolute Gasteiger partial charge is 2.00 e. The van der Waals surface area contributed by atoms with Crippen molar-refractivity contribution >= 4 is 45.2 Å². The van der Waals surface area contributed by atoms with Gasteiger partial charge in [-0.05, 0) is 28.2 Å². The molecule has 0 spiro atoms. The Hall–Kier alpha value is 0.312. The normalized spacial score (nSPS) is 10.3. The molecule has 0 unspecified atom stereocenters. The Balaban J connectivity index is 0.00000242. The van der Waals surface area contributed by atoms with Crippen LogP contribution >= 0.6 is 45.2 Å². The Morgan fingerprint density at radius 3 is 2.52 bits per heavy atom. The van der Waals surface area contributed by atoms with E-state index in [0.29, 0.717) is 9.13 Å². The van der Waals surface area contributed by atoms with Gasteiger partial charge in [0.05, 0.1) is 10.2 Å². The summed E-state index contributed by atoms with van der Waals surface area (Å²) in [4.78, 5) is 11.9. The second kappa shape index (κ2) is 11.0. The van der Waals surface area contributed by atoms with Gasteiger partial charge in [0.15, 0.2) is 0 Å². The molecule has 0 bridgehead atoms. The number of pyridine rings is 1. The quantitative estimate of drug-likeness (QED) is 0.382. The van der Waals surface area contributed by atoms with Crippen LogP contribution in [0, 0.1) is 54.0 Å². The number of nitrogens with zero attached hydrogens (tertiary/aromatic N) is 1. The summed E-state index contributed by atoms with van der Waals surface area (Å²) in [6.45, 7) is -0.0660. The number of halogens is 3. The number of benzene rings is 1. The van der Waals surface area contributed by atoms with E-state index in [1.54, 1.807) is 28.5 Å². The van der Waals surface area contributed by atoms with Crippen molar-refractivity contribution in [2.45, 2.75) is 13.2 Å². The topological polar surface area (TPSA) is 42.2 Å². The van der Waals surface area contributed by atoms with Gasteiger partial charge in [-0.2, -0.15) is 17.7 Å². The molecule has 120 valence electrons. The van der Waals surface area contributed by atoms with E-state index in [2.05, 4.69) is 28.7 Å². The molecule has 23 heavy (non-hydrogen) atoms. The molecule has 1 aromatic carbocycles. The van der Waals surface area contributed by atoms with Crippen LogP contribution in [0.3, 0.4) is 0 Å². The fraction of sp³-hybridized carbons (Fsp3) is 0.125. The van der Waals surface area contributed by atoms with E-state index in [1.807, 2.05) is 22.6 Å². The summed E-state index contributed by atoms with van der Waals surface area (Å²) in [5.41, 5.74) is 1.58. The van der Waals surface area contributed by atoms with E-state index >= 15 is 0 Å². The van der Waals surface area contributed by atoms with Crippen LogP contribution in [0.4, 0.5) is 4.39 Å². The fourth-order valence-corrected chi connectivity index (χ4v) is 2.92. The molecule has 7 heteroatoms. The van der Waals surface area contributed by atoms with Crippen LogP contribution in [0.2, 0.25) is 0 Å². The van der Waals surface area contributed by atoms with Gasteiger partial charge in [0.2, 0.25) is 5.56 Å². The van der Waals surface area contributed by atoms with E-state index in [-0.39, 0.29) is 62.8 Å². The molecule has 1 N–H and O–H groups in total. The number of hydrogen-bond acceptors (Lipinski definition) is 2. The average Bonchev–Trinajstić information content (AvgIpc) is 2.48. The van der Waals surface area contributed by atoms with Crippen molar-refractivity contribution in [3.63, 3.8) is 0 Å². The van der Waals surface area contributed by atoms with Crippen LogP contribution in [0.5, 0.6) is 0 Å². The summed E-state index contributed by atoms with van der Waals surface area (Å²) < 4.78 is 17.7. The van der Waals surface area contributed by atoms with Gasteiger partial charge < -0.3 is 17.1 Å². The Morgan fingerprint density at radius 2 is 1.91 bits per heavy atom. The summed E-state index contributed by atoms with van der Waals surface area (Å²) in [6, 6.07) is 6.42. The standard InChI is InChI=1S/C15H11FI2NO2.CH3.U/c16-14-12(9-20)3-2-11(15(14)18)8-19-7-10(5-6-17)1-4-13(19)21;;/h1-4,6-7,20H,8-9H2;1H3;/q2*-1;+2. The molecule has 0 aliphatic heterocycles.